The van der Waals surface area contributed by atoms with E-state index >= 15 is 0 Å². The minimum absolute atomic E-state index is 0.455. The van der Waals surface area contributed by atoms with Gasteiger partial charge in [0.25, 0.3) is 0 Å². The Morgan fingerprint density at radius 3 is 2.71 bits per heavy atom. The summed E-state index contributed by atoms with van der Waals surface area (Å²) in [5.41, 5.74) is -0.455. The molecular formula is C11H21NO2. The van der Waals surface area contributed by atoms with E-state index in [1.54, 1.807) is 0 Å². The third-order valence-corrected chi connectivity index (χ3v) is 3.29. The van der Waals surface area contributed by atoms with E-state index in [1.165, 1.54) is 0 Å². The summed E-state index contributed by atoms with van der Waals surface area (Å²) >= 11 is 0. The van der Waals surface area contributed by atoms with Crippen LogP contribution in [0, 0.1) is 5.41 Å². The molecule has 0 aromatic carbocycles. The second kappa shape index (κ2) is 4.78. The molecule has 3 heteroatoms. The number of piperidine rings is 1. The van der Waals surface area contributed by atoms with Crippen LogP contribution in [-0.2, 0) is 4.79 Å². The van der Waals surface area contributed by atoms with E-state index in [0.29, 0.717) is 0 Å². The zero-order chi connectivity index (χ0) is 10.6. The number of hydrogen-bond donors (Lipinski definition) is 1. The van der Waals surface area contributed by atoms with Crippen molar-refractivity contribution < 1.29 is 9.90 Å². The summed E-state index contributed by atoms with van der Waals surface area (Å²) < 4.78 is 0. The molecule has 0 aliphatic carbocycles. The molecule has 1 heterocycles. The summed E-state index contributed by atoms with van der Waals surface area (Å²) in [6.45, 7) is 6.94. The molecule has 0 aromatic heterocycles. The molecule has 0 saturated carbocycles. The van der Waals surface area contributed by atoms with Crippen molar-refractivity contribution >= 4 is 5.97 Å². The molecule has 3 nitrogen and oxygen atoms in total. The lowest BCUT2D eigenvalue weighted by Gasteiger charge is -2.39. The smallest absolute Gasteiger partial charge is 0.310 e. The van der Waals surface area contributed by atoms with Crippen LogP contribution in [0.3, 0.4) is 0 Å². The number of rotatable bonds is 4. The number of likely N-dealkylation sites (tertiary alicyclic amines) is 1. The summed E-state index contributed by atoms with van der Waals surface area (Å²) in [6, 6.07) is 0. The standard InChI is InChI=1S/C11H21NO2/c1-3-6-11(10(13)14)7-5-8-12(4-2)9-11/h3-9H2,1-2H3,(H,13,14). The Morgan fingerprint density at radius 2 is 2.21 bits per heavy atom. The van der Waals surface area contributed by atoms with Gasteiger partial charge in [0.2, 0.25) is 0 Å². The third-order valence-electron chi connectivity index (χ3n) is 3.29. The van der Waals surface area contributed by atoms with Gasteiger partial charge >= 0.3 is 5.97 Å². The van der Waals surface area contributed by atoms with E-state index in [2.05, 4.69) is 18.7 Å². The number of hydrogen-bond acceptors (Lipinski definition) is 2. The summed E-state index contributed by atoms with van der Waals surface area (Å²) in [6.07, 6.45) is 3.66. The topological polar surface area (TPSA) is 40.5 Å². The van der Waals surface area contributed by atoms with Crippen LogP contribution in [0.2, 0.25) is 0 Å². The summed E-state index contributed by atoms with van der Waals surface area (Å²) in [5, 5.41) is 9.31. The molecule has 1 atom stereocenters. The fraction of sp³-hybridized carbons (Fsp3) is 0.909. The molecule has 1 unspecified atom stereocenters. The quantitative estimate of drug-likeness (QED) is 0.752. The highest BCUT2D eigenvalue weighted by Crippen LogP contribution is 2.34. The first-order valence-electron chi connectivity index (χ1n) is 5.60. The van der Waals surface area contributed by atoms with Crippen molar-refractivity contribution in [3.05, 3.63) is 0 Å². The largest absolute Gasteiger partial charge is 0.481 e. The Balaban J connectivity index is 2.70. The lowest BCUT2D eigenvalue weighted by molar-refractivity contribution is -0.153. The van der Waals surface area contributed by atoms with Crippen LogP contribution in [0.1, 0.15) is 39.5 Å². The Kier molecular flexibility index (Phi) is 3.93. The number of carboxylic acids is 1. The van der Waals surface area contributed by atoms with Crippen LogP contribution in [-0.4, -0.2) is 35.6 Å². The van der Waals surface area contributed by atoms with Gasteiger partial charge in [0.1, 0.15) is 0 Å². The molecule has 14 heavy (non-hydrogen) atoms. The molecule has 0 spiro atoms. The van der Waals surface area contributed by atoms with E-state index in [9.17, 15) is 9.90 Å². The maximum atomic E-state index is 11.3. The van der Waals surface area contributed by atoms with Gasteiger partial charge in [0.15, 0.2) is 0 Å². The van der Waals surface area contributed by atoms with Crippen LogP contribution in [0.4, 0.5) is 0 Å². The fourth-order valence-electron chi connectivity index (χ4n) is 2.46. The van der Waals surface area contributed by atoms with Crippen molar-refractivity contribution in [3.8, 4) is 0 Å². The molecule has 1 saturated heterocycles. The first-order chi connectivity index (χ1) is 6.64. The fourth-order valence-corrected chi connectivity index (χ4v) is 2.46. The number of nitrogens with zero attached hydrogens (tertiary/aromatic N) is 1. The van der Waals surface area contributed by atoms with Gasteiger partial charge in [-0.25, -0.2) is 0 Å². The SMILES string of the molecule is CCCC1(C(=O)O)CCCN(CC)C1. The van der Waals surface area contributed by atoms with Gasteiger partial charge in [-0.2, -0.15) is 0 Å². The van der Waals surface area contributed by atoms with Gasteiger partial charge in [0.05, 0.1) is 5.41 Å². The Morgan fingerprint density at radius 1 is 1.50 bits per heavy atom. The lowest BCUT2D eigenvalue weighted by Crippen LogP contribution is -2.47. The number of aliphatic carboxylic acids is 1. The van der Waals surface area contributed by atoms with Crippen molar-refractivity contribution in [1.29, 1.82) is 0 Å². The van der Waals surface area contributed by atoms with Crippen molar-refractivity contribution in [2.45, 2.75) is 39.5 Å². The first kappa shape index (κ1) is 11.5. The van der Waals surface area contributed by atoms with Crippen LogP contribution >= 0.6 is 0 Å². The van der Waals surface area contributed by atoms with E-state index in [1.807, 2.05) is 0 Å². The van der Waals surface area contributed by atoms with Crippen LogP contribution < -0.4 is 0 Å². The van der Waals surface area contributed by atoms with Crippen LogP contribution in [0.5, 0.6) is 0 Å². The van der Waals surface area contributed by atoms with Gasteiger partial charge in [-0.05, 0) is 32.4 Å². The zero-order valence-corrected chi connectivity index (χ0v) is 9.25. The highest BCUT2D eigenvalue weighted by molar-refractivity contribution is 5.75. The average molecular weight is 199 g/mol. The van der Waals surface area contributed by atoms with Crippen molar-refractivity contribution in [1.82, 2.24) is 4.90 Å². The molecule has 82 valence electrons. The summed E-state index contributed by atoms with van der Waals surface area (Å²) in [4.78, 5) is 13.6. The van der Waals surface area contributed by atoms with Gasteiger partial charge in [0, 0.05) is 6.54 Å². The molecule has 1 N–H and O–H groups in total. The van der Waals surface area contributed by atoms with Crippen LogP contribution in [0.25, 0.3) is 0 Å². The molecule has 1 aliphatic rings. The average Bonchev–Trinajstić information content (AvgIpc) is 2.18. The van der Waals surface area contributed by atoms with Crippen LogP contribution in [0.15, 0.2) is 0 Å². The van der Waals surface area contributed by atoms with E-state index in [4.69, 9.17) is 0 Å². The minimum Gasteiger partial charge on any atom is -0.481 e. The normalized spacial score (nSPS) is 29.0. The maximum absolute atomic E-state index is 11.3. The maximum Gasteiger partial charge on any atom is 0.310 e. The summed E-state index contributed by atoms with van der Waals surface area (Å²) in [7, 11) is 0. The lowest BCUT2D eigenvalue weighted by atomic mass is 9.76. The second-order valence-corrected chi connectivity index (χ2v) is 4.31. The Hall–Kier alpha value is -0.570. The van der Waals surface area contributed by atoms with Gasteiger partial charge < -0.3 is 10.0 Å². The van der Waals surface area contributed by atoms with E-state index in [-0.39, 0.29) is 0 Å². The van der Waals surface area contributed by atoms with E-state index < -0.39 is 11.4 Å². The first-order valence-corrected chi connectivity index (χ1v) is 5.60. The summed E-state index contributed by atoms with van der Waals surface area (Å²) in [5.74, 6) is -0.600. The molecular weight excluding hydrogens is 178 g/mol. The molecule has 0 bridgehead atoms. The van der Waals surface area contributed by atoms with E-state index in [0.717, 1.165) is 45.3 Å². The highest BCUT2D eigenvalue weighted by atomic mass is 16.4. The highest BCUT2D eigenvalue weighted by Gasteiger charge is 2.40. The molecule has 1 aliphatic heterocycles. The molecule has 0 aromatic rings. The molecule has 0 radical (unpaired) electrons. The van der Waals surface area contributed by atoms with Crippen molar-refractivity contribution in [2.75, 3.05) is 19.6 Å². The van der Waals surface area contributed by atoms with Gasteiger partial charge in [-0.3, -0.25) is 4.79 Å². The number of carbonyl (C=O) groups is 1. The van der Waals surface area contributed by atoms with Crippen molar-refractivity contribution in [2.24, 2.45) is 5.41 Å². The minimum atomic E-state index is -0.600. The predicted octanol–water partition coefficient (Wildman–Crippen LogP) is 1.97. The zero-order valence-electron chi connectivity index (χ0n) is 9.25. The Bertz CT molecular complexity index is 201. The van der Waals surface area contributed by atoms with Crippen molar-refractivity contribution in [3.63, 3.8) is 0 Å². The number of carboxylic acid groups (broad SMARTS) is 1. The third kappa shape index (κ3) is 2.27. The van der Waals surface area contributed by atoms with Gasteiger partial charge in [-0.1, -0.05) is 20.3 Å². The predicted molar refractivity (Wildman–Crippen MR) is 56.3 cm³/mol. The molecule has 1 rings (SSSR count). The van der Waals surface area contributed by atoms with Gasteiger partial charge in [-0.15, -0.1) is 0 Å². The molecule has 1 fully saturated rings. The monoisotopic (exact) mass is 199 g/mol. The molecule has 0 amide bonds. The Labute approximate surface area is 86.1 Å². The second-order valence-electron chi connectivity index (χ2n) is 4.31.